The molecule has 4 nitrogen and oxygen atoms in total. The van der Waals surface area contributed by atoms with E-state index in [4.69, 9.17) is 0 Å². The molecule has 2 atom stereocenters. The summed E-state index contributed by atoms with van der Waals surface area (Å²) in [5.41, 5.74) is -1.07. The Bertz CT molecular complexity index is 361. The first kappa shape index (κ1) is 11.5. The SMILES string of the molecule is Cc1nc([C@@H](C)N2CCC[C@@](C)(F)C2)n[nH]1. The number of hydrogen-bond acceptors (Lipinski definition) is 3. The van der Waals surface area contributed by atoms with Crippen molar-refractivity contribution in [1.29, 1.82) is 0 Å². The molecule has 0 aromatic carbocycles. The normalized spacial score (nSPS) is 29.2. The van der Waals surface area contributed by atoms with E-state index < -0.39 is 5.67 Å². The standard InChI is InChI=1S/C11H19FN4/c1-8(10-13-9(2)14-15-10)16-6-4-5-11(3,12)7-16/h8H,4-7H2,1-3H3,(H,13,14,15)/t8-,11-/m1/s1. The molecule has 5 heteroatoms. The summed E-state index contributed by atoms with van der Waals surface area (Å²) in [7, 11) is 0. The van der Waals surface area contributed by atoms with Crippen molar-refractivity contribution in [3.8, 4) is 0 Å². The number of alkyl halides is 1. The Labute approximate surface area is 95.3 Å². The summed E-state index contributed by atoms with van der Waals surface area (Å²) in [6.07, 6.45) is 1.56. The van der Waals surface area contributed by atoms with E-state index in [0.29, 0.717) is 13.0 Å². The molecule has 1 N–H and O–H groups in total. The maximum Gasteiger partial charge on any atom is 0.167 e. The molecule has 1 aromatic heterocycles. The highest BCUT2D eigenvalue weighted by atomic mass is 19.1. The zero-order chi connectivity index (χ0) is 11.8. The zero-order valence-corrected chi connectivity index (χ0v) is 10.1. The van der Waals surface area contributed by atoms with Crippen LogP contribution < -0.4 is 0 Å². The molecule has 1 fully saturated rings. The molecule has 1 aliphatic heterocycles. The van der Waals surface area contributed by atoms with Crippen molar-refractivity contribution in [2.45, 2.75) is 45.3 Å². The number of aryl methyl sites for hydroxylation is 1. The number of aromatic nitrogens is 3. The Morgan fingerprint density at radius 1 is 1.56 bits per heavy atom. The van der Waals surface area contributed by atoms with Gasteiger partial charge in [-0.2, -0.15) is 5.10 Å². The molecule has 0 unspecified atom stereocenters. The van der Waals surface area contributed by atoms with Crippen LogP contribution in [0.1, 0.15) is 44.4 Å². The maximum absolute atomic E-state index is 13.9. The first-order valence-electron chi connectivity index (χ1n) is 5.80. The Morgan fingerprint density at radius 3 is 2.88 bits per heavy atom. The van der Waals surface area contributed by atoms with Crippen LogP contribution in [0.2, 0.25) is 0 Å². The van der Waals surface area contributed by atoms with Gasteiger partial charge in [0.2, 0.25) is 0 Å². The lowest BCUT2D eigenvalue weighted by Crippen LogP contribution is -2.44. The average Bonchev–Trinajstić information content (AvgIpc) is 2.62. The van der Waals surface area contributed by atoms with Crippen LogP contribution in [0.5, 0.6) is 0 Å². The highest BCUT2D eigenvalue weighted by Gasteiger charge is 2.33. The number of H-pyrrole nitrogens is 1. The molecule has 0 amide bonds. The van der Waals surface area contributed by atoms with Crippen LogP contribution in [0, 0.1) is 6.92 Å². The fraction of sp³-hybridized carbons (Fsp3) is 0.818. The van der Waals surface area contributed by atoms with Crippen LogP contribution in [0.15, 0.2) is 0 Å². The second-order valence-corrected chi connectivity index (χ2v) is 4.94. The Balaban J connectivity index is 2.07. The molecule has 0 radical (unpaired) electrons. The first-order chi connectivity index (χ1) is 7.48. The van der Waals surface area contributed by atoms with Crippen LogP contribution >= 0.6 is 0 Å². The Morgan fingerprint density at radius 2 is 2.31 bits per heavy atom. The van der Waals surface area contributed by atoms with E-state index in [9.17, 15) is 4.39 Å². The summed E-state index contributed by atoms with van der Waals surface area (Å²) in [5, 5.41) is 6.97. The smallest absolute Gasteiger partial charge is 0.167 e. The van der Waals surface area contributed by atoms with Crippen molar-refractivity contribution in [1.82, 2.24) is 20.1 Å². The van der Waals surface area contributed by atoms with E-state index in [-0.39, 0.29) is 6.04 Å². The summed E-state index contributed by atoms with van der Waals surface area (Å²) < 4.78 is 13.9. The average molecular weight is 226 g/mol. The zero-order valence-electron chi connectivity index (χ0n) is 10.1. The molecule has 0 spiro atoms. The van der Waals surface area contributed by atoms with Crippen molar-refractivity contribution in [2.75, 3.05) is 13.1 Å². The minimum Gasteiger partial charge on any atom is -0.290 e. The first-order valence-corrected chi connectivity index (χ1v) is 5.80. The molecular weight excluding hydrogens is 207 g/mol. The van der Waals surface area contributed by atoms with Crippen LogP contribution in [-0.4, -0.2) is 38.8 Å². The van der Waals surface area contributed by atoms with E-state index in [1.54, 1.807) is 6.92 Å². The number of aromatic amines is 1. The van der Waals surface area contributed by atoms with Gasteiger partial charge in [-0.15, -0.1) is 0 Å². The number of rotatable bonds is 2. The summed E-state index contributed by atoms with van der Waals surface area (Å²) >= 11 is 0. The second-order valence-electron chi connectivity index (χ2n) is 4.94. The predicted octanol–water partition coefficient (Wildman–Crippen LogP) is 2.00. The second kappa shape index (κ2) is 4.13. The van der Waals surface area contributed by atoms with Crippen molar-refractivity contribution in [3.05, 3.63) is 11.6 Å². The highest BCUT2D eigenvalue weighted by molar-refractivity contribution is 4.97. The minimum absolute atomic E-state index is 0.0836. The Kier molecular flexibility index (Phi) is 2.97. The summed E-state index contributed by atoms with van der Waals surface area (Å²) in [4.78, 5) is 6.42. The summed E-state index contributed by atoms with van der Waals surface area (Å²) in [6.45, 7) is 6.98. The van der Waals surface area contributed by atoms with Gasteiger partial charge in [-0.1, -0.05) is 0 Å². The molecule has 1 aromatic rings. The molecular formula is C11H19FN4. The van der Waals surface area contributed by atoms with Crippen molar-refractivity contribution < 1.29 is 4.39 Å². The number of nitrogens with zero attached hydrogens (tertiary/aromatic N) is 3. The number of halogens is 1. The topological polar surface area (TPSA) is 44.8 Å². The molecule has 2 heterocycles. The summed E-state index contributed by atoms with van der Waals surface area (Å²) in [5.74, 6) is 1.57. The van der Waals surface area contributed by atoms with Gasteiger partial charge in [0, 0.05) is 6.54 Å². The van der Waals surface area contributed by atoms with E-state index in [1.165, 1.54) is 0 Å². The molecule has 1 saturated heterocycles. The van der Waals surface area contributed by atoms with Gasteiger partial charge < -0.3 is 0 Å². The quantitative estimate of drug-likeness (QED) is 0.839. The molecule has 90 valence electrons. The van der Waals surface area contributed by atoms with Gasteiger partial charge in [0.15, 0.2) is 5.82 Å². The lowest BCUT2D eigenvalue weighted by molar-refractivity contribution is 0.0370. The molecule has 2 rings (SSSR count). The van der Waals surface area contributed by atoms with Crippen LogP contribution in [0.3, 0.4) is 0 Å². The third kappa shape index (κ3) is 2.40. The lowest BCUT2D eigenvalue weighted by atomic mass is 9.96. The molecule has 1 aliphatic rings. The van der Waals surface area contributed by atoms with Gasteiger partial charge in [-0.05, 0) is 40.2 Å². The third-order valence-corrected chi connectivity index (χ3v) is 3.21. The fourth-order valence-electron chi connectivity index (χ4n) is 2.27. The van der Waals surface area contributed by atoms with E-state index in [2.05, 4.69) is 20.1 Å². The highest BCUT2D eigenvalue weighted by Crippen LogP contribution is 2.29. The van der Waals surface area contributed by atoms with Gasteiger partial charge >= 0.3 is 0 Å². The third-order valence-electron chi connectivity index (χ3n) is 3.21. The van der Waals surface area contributed by atoms with Crippen LogP contribution in [0.4, 0.5) is 4.39 Å². The molecule has 16 heavy (non-hydrogen) atoms. The summed E-state index contributed by atoms with van der Waals surface area (Å²) in [6, 6.07) is 0.0836. The van der Waals surface area contributed by atoms with Gasteiger partial charge in [0.1, 0.15) is 11.5 Å². The largest absolute Gasteiger partial charge is 0.290 e. The van der Waals surface area contributed by atoms with Crippen molar-refractivity contribution in [3.63, 3.8) is 0 Å². The van der Waals surface area contributed by atoms with Gasteiger partial charge in [-0.25, -0.2) is 9.37 Å². The van der Waals surface area contributed by atoms with E-state index in [0.717, 1.165) is 24.6 Å². The van der Waals surface area contributed by atoms with Gasteiger partial charge in [0.25, 0.3) is 0 Å². The lowest BCUT2D eigenvalue weighted by Gasteiger charge is -2.37. The molecule has 0 aliphatic carbocycles. The van der Waals surface area contributed by atoms with Crippen LogP contribution in [0.25, 0.3) is 0 Å². The van der Waals surface area contributed by atoms with E-state index >= 15 is 0 Å². The fourth-order valence-corrected chi connectivity index (χ4v) is 2.27. The number of hydrogen-bond donors (Lipinski definition) is 1. The Hall–Kier alpha value is -0.970. The van der Waals surface area contributed by atoms with Crippen molar-refractivity contribution >= 4 is 0 Å². The maximum atomic E-state index is 13.9. The molecule has 0 saturated carbocycles. The number of likely N-dealkylation sites (tertiary alicyclic amines) is 1. The van der Waals surface area contributed by atoms with E-state index in [1.807, 2.05) is 13.8 Å². The van der Waals surface area contributed by atoms with Gasteiger partial charge in [0.05, 0.1) is 6.04 Å². The molecule has 0 bridgehead atoms. The number of piperidine rings is 1. The van der Waals surface area contributed by atoms with Gasteiger partial charge in [-0.3, -0.25) is 10.00 Å². The monoisotopic (exact) mass is 226 g/mol. The van der Waals surface area contributed by atoms with Crippen molar-refractivity contribution in [2.24, 2.45) is 0 Å². The predicted molar refractivity (Wildman–Crippen MR) is 59.9 cm³/mol. The number of nitrogens with one attached hydrogen (secondary N) is 1. The minimum atomic E-state index is -1.07. The van der Waals surface area contributed by atoms with Crippen LogP contribution in [-0.2, 0) is 0 Å².